The van der Waals surface area contributed by atoms with Gasteiger partial charge in [-0.1, -0.05) is 48.0 Å². The molecule has 1 aromatic heterocycles. The van der Waals surface area contributed by atoms with Crippen molar-refractivity contribution in [3.05, 3.63) is 102 Å². The van der Waals surface area contributed by atoms with Gasteiger partial charge in [0.05, 0.1) is 11.8 Å². The molecule has 2 aliphatic rings. The Balaban J connectivity index is 1.20. The number of likely N-dealkylation sites (tertiary alicyclic amines) is 1. The van der Waals surface area contributed by atoms with Gasteiger partial charge in [-0.25, -0.2) is 0 Å². The number of hydrogen-bond donors (Lipinski definition) is 1. The lowest BCUT2D eigenvalue weighted by molar-refractivity contribution is 0.0660. The first kappa shape index (κ1) is 22.4. The van der Waals surface area contributed by atoms with Crippen molar-refractivity contribution in [3.8, 4) is 5.75 Å². The average Bonchev–Trinajstić information content (AvgIpc) is 2.90. The Morgan fingerprint density at radius 1 is 1.03 bits per heavy atom. The zero-order valence-electron chi connectivity index (χ0n) is 19.2. The van der Waals surface area contributed by atoms with Crippen LogP contribution in [0.15, 0.2) is 96.9 Å². The molecule has 174 valence electrons. The topological polar surface area (TPSA) is 54.8 Å². The van der Waals surface area contributed by atoms with Gasteiger partial charge >= 0.3 is 0 Å². The average molecular weight is 455 g/mol. The quantitative estimate of drug-likeness (QED) is 0.545. The normalized spacial score (nSPS) is 19.1. The third-order valence-electron chi connectivity index (χ3n) is 6.42. The molecule has 1 fully saturated rings. The van der Waals surface area contributed by atoms with Gasteiger partial charge in [0.2, 0.25) is 0 Å². The van der Waals surface area contributed by atoms with Crippen LogP contribution in [0.1, 0.15) is 18.4 Å². The lowest BCUT2D eigenvalue weighted by atomic mass is 9.89. The van der Waals surface area contributed by atoms with E-state index in [1.807, 2.05) is 42.5 Å². The zero-order chi connectivity index (χ0) is 23.2. The molecule has 3 heterocycles. The van der Waals surface area contributed by atoms with Crippen LogP contribution in [0.4, 0.5) is 0 Å². The number of aliphatic hydroxyl groups excluding tert-OH is 1. The maximum Gasteiger partial charge on any atom is 0.142 e. The second kappa shape index (κ2) is 10.7. The summed E-state index contributed by atoms with van der Waals surface area (Å²) in [6, 6.07) is 20.2. The first-order chi connectivity index (χ1) is 16.8. The molecule has 5 rings (SSSR count). The van der Waals surface area contributed by atoms with Gasteiger partial charge < -0.3 is 14.6 Å². The van der Waals surface area contributed by atoms with E-state index in [1.165, 1.54) is 16.7 Å². The summed E-state index contributed by atoms with van der Waals surface area (Å²) in [6.07, 6.45) is 11.0. The highest BCUT2D eigenvalue weighted by Crippen LogP contribution is 2.32. The molecule has 2 aromatic carbocycles. The molecule has 0 aliphatic carbocycles. The summed E-state index contributed by atoms with van der Waals surface area (Å²) in [7, 11) is 0. The van der Waals surface area contributed by atoms with Crippen molar-refractivity contribution >= 4 is 16.5 Å². The van der Waals surface area contributed by atoms with Gasteiger partial charge in [-0.2, -0.15) is 0 Å². The summed E-state index contributed by atoms with van der Waals surface area (Å²) in [5, 5.41) is 11.6. The first-order valence-corrected chi connectivity index (χ1v) is 11.9. The van der Waals surface area contributed by atoms with E-state index in [4.69, 9.17) is 9.47 Å². The molecule has 0 bridgehead atoms. The fourth-order valence-electron chi connectivity index (χ4n) is 4.75. The highest BCUT2D eigenvalue weighted by atomic mass is 16.5. The highest BCUT2D eigenvalue weighted by molar-refractivity contribution is 5.84. The number of rotatable bonds is 7. The molecule has 5 nitrogen and oxygen atoms in total. The molecule has 0 saturated carbocycles. The number of piperidine rings is 1. The molecular weight excluding hydrogens is 424 g/mol. The molecule has 34 heavy (non-hydrogen) atoms. The van der Waals surface area contributed by atoms with E-state index in [9.17, 15) is 5.11 Å². The van der Waals surface area contributed by atoms with Gasteiger partial charge in [0.25, 0.3) is 0 Å². The molecule has 3 aromatic rings. The van der Waals surface area contributed by atoms with E-state index in [1.54, 1.807) is 12.5 Å². The molecule has 5 heteroatoms. The molecule has 2 unspecified atom stereocenters. The van der Waals surface area contributed by atoms with E-state index in [-0.39, 0.29) is 12.7 Å². The van der Waals surface area contributed by atoms with Gasteiger partial charge in [-0.05, 0) is 54.8 Å². The predicted octanol–water partition coefficient (Wildman–Crippen LogP) is 4.99. The number of aliphatic hydroxyl groups is 1. The number of fused-ring (bicyclic) bond motifs is 1. The minimum Gasteiger partial charge on any atom is -0.490 e. The van der Waals surface area contributed by atoms with Crippen LogP contribution in [-0.2, 0) is 4.74 Å². The van der Waals surface area contributed by atoms with Gasteiger partial charge in [0.15, 0.2) is 0 Å². The van der Waals surface area contributed by atoms with Crippen LogP contribution in [0, 0.1) is 0 Å². The Bertz CT molecular complexity index is 1190. The van der Waals surface area contributed by atoms with E-state index in [0.717, 1.165) is 42.6 Å². The van der Waals surface area contributed by atoms with Crippen molar-refractivity contribution in [1.29, 1.82) is 0 Å². The Hall–Kier alpha value is -3.41. The second-order valence-electron chi connectivity index (χ2n) is 8.75. The van der Waals surface area contributed by atoms with E-state index in [2.05, 4.69) is 46.3 Å². The van der Waals surface area contributed by atoms with Gasteiger partial charge in [0, 0.05) is 36.8 Å². The van der Waals surface area contributed by atoms with E-state index >= 15 is 0 Å². The van der Waals surface area contributed by atoms with Crippen LogP contribution < -0.4 is 4.74 Å². The summed E-state index contributed by atoms with van der Waals surface area (Å²) in [6.45, 7) is 2.68. The summed E-state index contributed by atoms with van der Waals surface area (Å²) in [5.41, 5.74) is 4.82. The summed E-state index contributed by atoms with van der Waals surface area (Å²) in [5.74, 6) is 0.760. The smallest absolute Gasteiger partial charge is 0.142 e. The van der Waals surface area contributed by atoms with Crippen molar-refractivity contribution in [1.82, 2.24) is 9.88 Å². The molecule has 0 spiro atoms. The van der Waals surface area contributed by atoms with Crippen LogP contribution in [0.3, 0.4) is 0 Å². The first-order valence-electron chi connectivity index (χ1n) is 11.9. The molecule has 1 N–H and O–H groups in total. The van der Waals surface area contributed by atoms with Crippen molar-refractivity contribution in [2.45, 2.75) is 25.0 Å². The third-order valence-corrected chi connectivity index (χ3v) is 6.42. The van der Waals surface area contributed by atoms with Crippen LogP contribution >= 0.6 is 0 Å². The lowest BCUT2D eigenvalue weighted by Gasteiger charge is -2.32. The number of aromatic nitrogens is 1. The van der Waals surface area contributed by atoms with E-state index < -0.39 is 6.10 Å². The zero-order valence-corrected chi connectivity index (χ0v) is 19.2. The predicted molar refractivity (Wildman–Crippen MR) is 135 cm³/mol. The Morgan fingerprint density at radius 3 is 2.68 bits per heavy atom. The summed E-state index contributed by atoms with van der Waals surface area (Å²) in [4.78, 5) is 6.69. The molecule has 1 saturated heterocycles. The van der Waals surface area contributed by atoms with Crippen LogP contribution in [-0.4, -0.2) is 53.4 Å². The van der Waals surface area contributed by atoms with Crippen molar-refractivity contribution < 1.29 is 14.6 Å². The number of ether oxygens (including phenoxy) is 2. The maximum atomic E-state index is 10.7. The number of pyridine rings is 1. The van der Waals surface area contributed by atoms with Gasteiger partial charge in [-0.3, -0.25) is 9.88 Å². The second-order valence-corrected chi connectivity index (χ2v) is 8.75. The molecule has 2 atom stereocenters. The standard InChI is InChI=1S/C29H30N2O3/c32-24(21-34-27-13-6-11-26-25(27)10-7-16-30-26)20-31-17-14-23(15-18-31)29(22-8-2-1-3-9-22)28-12-4-5-19-33-28/h1-13,16,19,24,28,32H,14-15,17-18,20-21H2. The summed E-state index contributed by atoms with van der Waals surface area (Å²) >= 11 is 0. The Morgan fingerprint density at radius 2 is 1.88 bits per heavy atom. The SMILES string of the molecule is OC(COc1cccc2ncccc12)CN1CCC(=C(c2ccccc2)C2C=CC=CO2)CC1. The van der Waals surface area contributed by atoms with E-state index in [0.29, 0.717) is 6.54 Å². The minimum atomic E-state index is -0.555. The third kappa shape index (κ3) is 5.22. The van der Waals surface area contributed by atoms with Crippen molar-refractivity contribution in [2.24, 2.45) is 0 Å². The number of benzene rings is 2. The number of hydrogen-bond acceptors (Lipinski definition) is 5. The Kier molecular flexibility index (Phi) is 7.03. The highest BCUT2D eigenvalue weighted by Gasteiger charge is 2.24. The van der Waals surface area contributed by atoms with Gasteiger partial charge in [0.1, 0.15) is 24.6 Å². The van der Waals surface area contributed by atoms with Crippen LogP contribution in [0.5, 0.6) is 5.75 Å². The molecule has 2 aliphatic heterocycles. The number of nitrogens with zero attached hydrogens (tertiary/aromatic N) is 2. The molecular formula is C29H30N2O3. The number of β-amino-alcohol motifs (C(OH)–C–C–N with tert-alkyl or cyclic N) is 1. The van der Waals surface area contributed by atoms with Crippen molar-refractivity contribution in [3.63, 3.8) is 0 Å². The summed E-state index contributed by atoms with van der Waals surface area (Å²) < 4.78 is 11.9. The minimum absolute atomic E-state index is 0.0527. The molecule has 0 radical (unpaired) electrons. The van der Waals surface area contributed by atoms with Crippen LogP contribution in [0.25, 0.3) is 16.5 Å². The monoisotopic (exact) mass is 454 g/mol. The fourth-order valence-corrected chi connectivity index (χ4v) is 4.75. The largest absolute Gasteiger partial charge is 0.490 e. The van der Waals surface area contributed by atoms with Gasteiger partial charge in [-0.15, -0.1) is 0 Å². The number of allylic oxidation sites excluding steroid dienone is 2. The fraction of sp³-hybridized carbons (Fsp3) is 0.276. The maximum absolute atomic E-state index is 10.7. The Labute approximate surface area is 200 Å². The van der Waals surface area contributed by atoms with Crippen molar-refractivity contribution in [2.75, 3.05) is 26.2 Å². The molecule has 0 amide bonds. The lowest BCUT2D eigenvalue weighted by Crippen LogP contribution is -2.39. The van der Waals surface area contributed by atoms with Crippen LogP contribution in [0.2, 0.25) is 0 Å².